The Balaban J connectivity index is 1.74. The summed E-state index contributed by atoms with van der Waals surface area (Å²) in [5.41, 5.74) is 2.31. The summed E-state index contributed by atoms with van der Waals surface area (Å²) < 4.78 is 0. The highest BCUT2D eigenvalue weighted by Gasteiger charge is 2.04. The molecule has 0 saturated carbocycles. The third-order valence-electron chi connectivity index (χ3n) is 2.95. The fraction of sp³-hybridized carbons (Fsp3) is 0.357. The van der Waals surface area contributed by atoms with Crippen molar-refractivity contribution in [2.24, 2.45) is 0 Å². The van der Waals surface area contributed by atoms with Crippen LogP contribution >= 0.6 is 11.3 Å². The zero-order chi connectivity index (χ0) is 14.4. The van der Waals surface area contributed by atoms with Gasteiger partial charge in [0.1, 0.15) is 0 Å². The van der Waals surface area contributed by atoms with E-state index in [2.05, 4.69) is 22.6 Å². The molecule has 0 amide bonds. The molecule has 0 aliphatic rings. The molecule has 2 aromatic rings. The first kappa shape index (κ1) is 14.6. The van der Waals surface area contributed by atoms with Gasteiger partial charge >= 0.3 is 0 Å². The second-order valence-electron chi connectivity index (χ2n) is 4.44. The van der Waals surface area contributed by atoms with Crippen LogP contribution in [0.1, 0.15) is 23.2 Å². The normalized spacial score (nSPS) is 10.7. The second kappa shape index (κ2) is 7.12. The van der Waals surface area contributed by atoms with E-state index in [1.165, 1.54) is 0 Å². The standard InChI is InChI=1S/C14H17N3O2S/c1-2-14-16-12(10-20-14)9-15-8-7-11-3-5-13(6-4-11)17(18)19/h3-6,10,15H,2,7-9H2,1H3. The summed E-state index contributed by atoms with van der Waals surface area (Å²) in [6.07, 6.45) is 1.83. The first-order valence-corrected chi connectivity index (χ1v) is 7.44. The zero-order valence-electron chi connectivity index (χ0n) is 11.3. The summed E-state index contributed by atoms with van der Waals surface area (Å²) in [5.74, 6) is 0. The zero-order valence-corrected chi connectivity index (χ0v) is 12.2. The highest BCUT2D eigenvalue weighted by atomic mass is 32.1. The average Bonchev–Trinajstić information content (AvgIpc) is 2.92. The van der Waals surface area contributed by atoms with E-state index in [4.69, 9.17) is 0 Å². The van der Waals surface area contributed by atoms with E-state index >= 15 is 0 Å². The van der Waals surface area contributed by atoms with Gasteiger partial charge in [0.2, 0.25) is 0 Å². The van der Waals surface area contributed by atoms with Gasteiger partial charge in [-0.25, -0.2) is 4.98 Å². The van der Waals surface area contributed by atoms with Gasteiger partial charge in [0.25, 0.3) is 5.69 Å². The molecule has 0 spiro atoms. The first-order valence-electron chi connectivity index (χ1n) is 6.56. The third-order valence-corrected chi connectivity index (χ3v) is 3.99. The molecule has 0 aliphatic carbocycles. The number of aryl methyl sites for hydroxylation is 1. The number of non-ortho nitro benzene ring substituents is 1. The van der Waals surface area contributed by atoms with Crippen LogP contribution in [0.25, 0.3) is 0 Å². The molecule has 0 radical (unpaired) electrons. The molecule has 20 heavy (non-hydrogen) atoms. The van der Waals surface area contributed by atoms with Crippen LogP contribution in [0.4, 0.5) is 5.69 Å². The lowest BCUT2D eigenvalue weighted by Crippen LogP contribution is -2.16. The Hall–Kier alpha value is -1.79. The van der Waals surface area contributed by atoms with Crippen molar-refractivity contribution in [1.29, 1.82) is 0 Å². The topological polar surface area (TPSA) is 68.1 Å². The maximum Gasteiger partial charge on any atom is 0.269 e. The van der Waals surface area contributed by atoms with Gasteiger partial charge < -0.3 is 5.32 Å². The highest BCUT2D eigenvalue weighted by molar-refractivity contribution is 7.09. The molecule has 0 aliphatic heterocycles. The van der Waals surface area contributed by atoms with E-state index in [0.717, 1.165) is 42.2 Å². The fourth-order valence-electron chi connectivity index (χ4n) is 1.83. The van der Waals surface area contributed by atoms with E-state index in [1.54, 1.807) is 35.6 Å². The number of thiazole rings is 1. The predicted octanol–water partition coefficient (Wildman–Crippen LogP) is 2.95. The molecule has 5 nitrogen and oxygen atoms in total. The van der Waals surface area contributed by atoms with Crippen molar-refractivity contribution in [2.75, 3.05) is 6.54 Å². The number of nitro benzene ring substituents is 1. The second-order valence-corrected chi connectivity index (χ2v) is 5.38. The number of rotatable bonds is 7. The molecule has 0 atom stereocenters. The van der Waals surface area contributed by atoms with Crippen molar-refractivity contribution in [3.8, 4) is 0 Å². The van der Waals surface area contributed by atoms with Crippen LogP contribution in [0, 0.1) is 10.1 Å². The molecule has 106 valence electrons. The number of nitro groups is 1. The number of nitrogens with one attached hydrogen (secondary N) is 1. The molecule has 0 unspecified atom stereocenters. The first-order chi connectivity index (χ1) is 9.69. The van der Waals surface area contributed by atoms with E-state index in [9.17, 15) is 10.1 Å². The summed E-state index contributed by atoms with van der Waals surface area (Å²) in [6, 6.07) is 6.70. The number of benzene rings is 1. The maximum atomic E-state index is 10.5. The van der Waals surface area contributed by atoms with Gasteiger partial charge in [-0.05, 0) is 24.9 Å². The molecule has 0 fully saturated rings. The molecular formula is C14H17N3O2S. The Morgan fingerprint density at radius 1 is 1.35 bits per heavy atom. The largest absolute Gasteiger partial charge is 0.311 e. The maximum absolute atomic E-state index is 10.5. The number of nitrogens with zero attached hydrogens (tertiary/aromatic N) is 2. The molecule has 2 rings (SSSR count). The molecule has 0 bridgehead atoms. The fourth-order valence-corrected chi connectivity index (χ4v) is 2.57. The van der Waals surface area contributed by atoms with E-state index in [0.29, 0.717) is 0 Å². The van der Waals surface area contributed by atoms with Crippen molar-refractivity contribution in [2.45, 2.75) is 26.3 Å². The van der Waals surface area contributed by atoms with Crippen LogP contribution in [-0.4, -0.2) is 16.5 Å². The van der Waals surface area contributed by atoms with Crippen LogP contribution < -0.4 is 5.32 Å². The molecular weight excluding hydrogens is 274 g/mol. The number of hydrogen-bond acceptors (Lipinski definition) is 5. The monoisotopic (exact) mass is 291 g/mol. The SMILES string of the molecule is CCc1nc(CNCCc2ccc([N+](=O)[O-])cc2)cs1. The summed E-state index contributed by atoms with van der Waals surface area (Å²) in [4.78, 5) is 14.6. The Labute approximate surface area is 121 Å². The minimum atomic E-state index is -0.379. The number of hydrogen-bond donors (Lipinski definition) is 1. The quantitative estimate of drug-likeness (QED) is 0.484. The minimum Gasteiger partial charge on any atom is -0.311 e. The van der Waals surface area contributed by atoms with Crippen molar-refractivity contribution < 1.29 is 4.92 Å². The molecule has 0 saturated heterocycles. The van der Waals surface area contributed by atoms with Crippen LogP contribution in [0.15, 0.2) is 29.6 Å². The van der Waals surface area contributed by atoms with Crippen molar-refractivity contribution >= 4 is 17.0 Å². The van der Waals surface area contributed by atoms with Gasteiger partial charge in [-0.15, -0.1) is 11.3 Å². The van der Waals surface area contributed by atoms with E-state index in [-0.39, 0.29) is 10.6 Å². The minimum absolute atomic E-state index is 0.135. The van der Waals surface area contributed by atoms with Crippen LogP contribution in [-0.2, 0) is 19.4 Å². The predicted molar refractivity (Wildman–Crippen MR) is 80.0 cm³/mol. The Morgan fingerprint density at radius 2 is 2.10 bits per heavy atom. The molecule has 1 heterocycles. The summed E-state index contributed by atoms with van der Waals surface area (Å²) in [7, 11) is 0. The summed E-state index contributed by atoms with van der Waals surface area (Å²) in [5, 5.41) is 17.1. The number of aromatic nitrogens is 1. The van der Waals surface area contributed by atoms with Crippen LogP contribution in [0.3, 0.4) is 0 Å². The summed E-state index contributed by atoms with van der Waals surface area (Å²) in [6.45, 7) is 3.70. The summed E-state index contributed by atoms with van der Waals surface area (Å²) >= 11 is 1.69. The van der Waals surface area contributed by atoms with Gasteiger partial charge in [-0.2, -0.15) is 0 Å². The van der Waals surface area contributed by atoms with Gasteiger partial charge in [-0.3, -0.25) is 10.1 Å². The average molecular weight is 291 g/mol. The van der Waals surface area contributed by atoms with E-state index < -0.39 is 0 Å². The highest BCUT2D eigenvalue weighted by Crippen LogP contribution is 2.12. The molecule has 1 aromatic heterocycles. The lowest BCUT2D eigenvalue weighted by atomic mass is 10.1. The lowest BCUT2D eigenvalue weighted by molar-refractivity contribution is -0.384. The van der Waals surface area contributed by atoms with E-state index in [1.807, 2.05) is 0 Å². The van der Waals surface area contributed by atoms with Crippen molar-refractivity contribution in [3.05, 3.63) is 56.0 Å². The van der Waals surface area contributed by atoms with Crippen molar-refractivity contribution in [3.63, 3.8) is 0 Å². The third kappa shape index (κ3) is 4.11. The van der Waals surface area contributed by atoms with Crippen LogP contribution in [0.2, 0.25) is 0 Å². The Morgan fingerprint density at radius 3 is 2.70 bits per heavy atom. The molecule has 6 heteroatoms. The lowest BCUT2D eigenvalue weighted by Gasteiger charge is -2.03. The van der Waals surface area contributed by atoms with Crippen molar-refractivity contribution in [1.82, 2.24) is 10.3 Å². The van der Waals surface area contributed by atoms with Gasteiger partial charge in [0.15, 0.2) is 0 Å². The van der Waals surface area contributed by atoms with Gasteiger partial charge in [0, 0.05) is 24.1 Å². The Kier molecular flexibility index (Phi) is 5.20. The van der Waals surface area contributed by atoms with Gasteiger partial charge in [-0.1, -0.05) is 19.1 Å². The smallest absolute Gasteiger partial charge is 0.269 e. The van der Waals surface area contributed by atoms with Gasteiger partial charge in [0.05, 0.1) is 15.6 Å². The molecule has 1 N–H and O–H groups in total. The van der Waals surface area contributed by atoms with Crippen LogP contribution in [0.5, 0.6) is 0 Å². The molecule has 1 aromatic carbocycles. The Bertz CT molecular complexity index is 566.